The van der Waals surface area contributed by atoms with Gasteiger partial charge in [0.25, 0.3) is 5.91 Å². The van der Waals surface area contributed by atoms with Gasteiger partial charge in [0.05, 0.1) is 6.42 Å². The third-order valence-electron chi connectivity index (χ3n) is 3.25. The first kappa shape index (κ1) is 15.8. The Balaban J connectivity index is 1.67. The molecule has 0 saturated carbocycles. The van der Waals surface area contributed by atoms with Crippen LogP contribution in [0.15, 0.2) is 54.6 Å². The number of aryl methyl sites for hydroxylation is 1. The molecule has 2 aromatic carbocycles. The first-order chi connectivity index (χ1) is 10.6. The van der Waals surface area contributed by atoms with E-state index in [-0.39, 0.29) is 11.8 Å². The van der Waals surface area contributed by atoms with Gasteiger partial charge in [0, 0.05) is 18.7 Å². The second-order valence-corrected chi connectivity index (χ2v) is 5.13. The van der Waals surface area contributed by atoms with Crippen molar-refractivity contribution < 1.29 is 9.59 Å². The van der Waals surface area contributed by atoms with Crippen LogP contribution in [0.1, 0.15) is 21.5 Å². The van der Waals surface area contributed by atoms with Crippen LogP contribution in [-0.2, 0) is 11.2 Å². The first-order valence-corrected chi connectivity index (χ1v) is 7.30. The standard InChI is InChI=1S/C18H20N2O2/c1-14-7-9-16(10-8-14)18(22)20-12-11-19-17(21)13-15-5-3-2-4-6-15/h2-10H,11-13H2,1H3,(H,19,21)(H,20,22). The fourth-order valence-electron chi connectivity index (χ4n) is 2.03. The molecule has 22 heavy (non-hydrogen) atoms. The molecule has 2 rings (SSSR count). The van der Waals surface area contributed by atoms with Crippen LogP contribution in [-0.4, -0.2) is 24.9 Å². The average Bonchev–Trinajstić information content (AvgIpc) is 2.53. The highest BCUT2D eigenvalue weighted by Crippen LogP contribution is 2.02. The quantitative estimate of drug-likeness (QED) is 0.802. The molecule has 2 N–H and O–H groups in total. The van der Waals surface area contributed by atoms with Crippen LogP contribution in [0.3, 0.4) is 0 Å². The molecule has 0 saturated heterocycles. The Morgan fingerprint density at radius 2 is 1.50 bits per heavy atom. The van der Waals surface area contributed by atoms with E-state index < -0.39 is 0 Å². The summed E-state index contributed by atoms with van der Waals surface area (Å²) in [6, 6.07) is 16.9. The van der Waals surface area contributed by atoms with E-state index in [0.717, 1.165) is 11.1 Å². The minimum atomic E-state index is -0.127. The van der Waals surface area contributed by atoms with Crippen molar-refractivity contribution in [3.63, 3.8) is 0 Å². The molecule has 114 valence electrons. The van der Waals surface area contributed by atoms with Crippen molar-refractivity contribution in [3.8, 4) is 0 Å². The van der Waals surface area contributed by atoms with E-state index in [4.69, 9.17) is 0 Å². The molecule has 0 radical (unpaired) electrons. The fourth-order valence-corrected chi connectivity index (χ4v) is 2.03. The zero-order chi connectivity index (χ0) is 15.8. The number of hydrogen-bond acceptors (Lipinski definition) is 2. The van der Waals surface area contributed by atoms with E-state index in [1.54, 1.807) is 12.1 Å². The lowest BCUT2D eigenvalue weighted by molar-refractivity contribution is -0.120. The maximum Gasteiger partial charge on any atom is 0.251 e. The molecular formula is C18H20N2O2. The van der Waals surface area contributed by atoms with Gasteiger partial charge in [-0.2, -0.15) is 0 Å². The zero-order valence-electron chi connectivity index (χ0n) is 12.6. The van der Waals surface area contributed by atoms with Gasteiger partial charge in [-0.25, -0.2) is 0 Å². The lowest BCUT2D eigenvalue weighted by atomic mass is 10.1. The summed E-state index contributed by atoms with van der Waals surface area (Å²) in [7, 11) is 0. The van der Waals surface area contributed by atoms with E-state index in [9.17, 15) is 9.59 Å². The Morgan fingerprint density at radius 1 is 0.864 bits per heavy atom. The Bertz CT molecular complexity index is 621. The minimum Gasteiger partial charge on any atom is -0.354 e. The molecule has 0 aliphatic rings. The minimum absolute atomic E-state index is 0.0456. The summed E-state index contributed by atoms with van der Waals surface area (Å²) >= 11 is 0. The second-order valence-electron chi connectivity index (χ2n) is 5.13. The normalized spacial score (nSPS) is 10.0. The molecule has 0 aliphatic carbocycles. The molecule has 0 aromatic heterocycles. The van der Waals surface area contributed by atoms with E-state index >= 15 is 0 Å². The number of hydrogen-bond donors (Lipinski definition) is 2. The van der Waals surface area contributed by atoms with Crippen molar-refractivity contribution in [2.45, 2.75) is 13.3 Å². The van der Waals surface area contributed by atoms with Gasteiger partial charge in [-0.1, -0.05) is 48.0 Å². The molecular weight excluding hydrogens is 276 g/mol. The van der Waals surface area contributed by atoms with Crippen LogP contribution in [0.25, 0.3) is 0 Å². The molecule has 2 amide bonds. The van der Waals surface area contributed by atoms with Crippen molar-refractivity contribution >= 4 is 11.8 Å². The van der Waals surface area contributed by atoms with Crippen LogP contribution in [0.2, 0.25) is 0 Å². The van der Waals surface area contributed by atoms with Crippen LogP contribution in [0.5, 0.6) is 0 Å². The van der Waals surface area contributed by atoms with E-state index in [1.165, 1.54) is 0 Å². The Labute approximate surface area is 130 Å². The topological polar surface area (TPSA) is 58.2 Å². The molecule has 4 nitrogen and oxygen atoms in total. The van der Waals surface area contributed by atoms with Gasteiger partial charge >= 0.3 is 0 Å². The summed E-state index contributed by atoms with van der Waals surface area (Å²) in [4.78, 5) is 23.6. The Kier molecular flexibility index (Phi) is 5.72. The van der Waals surface area contributed by atoms with Crippen LogP contribution < -0.4 is 10.6 Å². The van der Waals surface area contributed by atoms with Crippen LogP contribution >= 0.6 is 0 Å². The van der Waals surface area contributed by atoms with Gasteiger partial charge in [0.15, 0.2) is 0 Å². The van der Waals surface area contributed by atoms with E-state index in [0.29, 0.717) is 25.1 Å². The maximum absolute atomic E-state index is 11.9. The van der Waals surface area contributed by atoms with Gasteiger partial charge in [-0.3, -0.25) is 9.59 Å². The summed E-state index contributed by atoms with van der Waals surface area (Å²) in [6.07, 6.45) is 0.354. The highest BCUT2D eigenvalue weighted by Gasteiger charge is 2.05. The number of amides is 2. The highest BCUT2D eigenvalue weighted by atomic mass is 16.2. The summed E-state index contributed by atoms with van der Waals surface area (Å²) in [5.74, 6) is -0.173. The molecule has 0 fully saturated rings. The van der Waals surface area contributed by atoms with Gasteiger partial charge in [-0.05, 0) is 24.6 Å². The summed E-state index contributed by atoms with van der Waals surface area (Å²) in [5, 5.41) is 5.58. The number of benzene rings is 2. The lowest BCUT2D eigenvalue weighted by Gasteiger charge is -2.07. The Hall–Kier alpha value is -2.62. The molecule has 0 bridgehead atoms. The van der Waals surface area contributed by atoms with E-state index in [1.807, 2.05) is 49.4 Å². The van der Waals surface area contributed by atoms with Gasteiger partial charge in [0.1, 0.15) is 0 Å². The van der Waals surface area contributed by atoms with Gasteiger partial charge in [0.2, 0.25) is 5.91 Å². The number of carbonyl (C=O) groups is 2. The molecule has 0 heterocycles. The van der Waals surface area contributed by atoms with Gasteiger partial charge < -0.3 is 10.6 Å². The van der Waals surface area contributed by atoms with Gasteiger partial charge in [-0.15, -0.1) is 0 Å². The maximum atomic E-state index is 11.9. The van der Waals surface area contributed by atoms with Crippen molar-refractivity contribution in [1.29, 1.82) is 0 Å². The second kappa shape index (κ2) is 7.98. The zero-order valence-corrected chi connectivity index (χ0v) is 12.6. The molecule has 0 aliphatic heterocycles. The first-order valence-electron chi connectivity index (χ1n) is 7.30. The SMILES string of the molecule is Cc1ccc(C(=O)NCCNC(=O)Cc2ccccc2)cc1. The number of rotatable bonds is 6. The third-order valence-corrected chi connectivity index (χ3v) is 3.25. The van der Waals surface area contributed by atoms with Crippen LogP contribution in [0.4, 0.5) is 0 Å². The molecule has 0 spiro atoms. The summed E-state index contributed by atoms with van der Waals surface area (Å²) < 4.78 is 0. The lowest BCUT2D eigenvalue weighted by Crippen LogP contribution is -2.35. The van der Waals surface area contributed by atoms with Crippen molar-refractivity contribution in [3.05, 3.63) is 71.3 Å². The summed E-state index contributed by atoms with van der Waals surface area (Å²) in [6.45, 7) is 2.81. The summed E-state index contributed by atoms with van der Waals surface area (Å²) in [5.41, 5.74) is 2.72. The number of carbonyl (C=O) groups excluding carboxylic acids is 2. The highest BCUT2D eigenvalue weighted by molar-refractivity contribution is 5.94. The molecule has 0 atom stereocenters. The molecule has 0 unspecified atom stereocenters. The number of nitrogens with one attached hydrogen (secondary N) is 2. The van der Waals surface area contributed by atoms with Crippen molar-refractivity contribution in [2.24, 2.45) is 0 Å². The molecule has 4 heteroatoms. The predicted molar refractivity (Wildman–Crippen MR) is 86.7 cm³/mol. The van der Waals surface area contributed by atoms with Crippen LogP contribution in [0, 0.1) is 6.92 Å². The monoisotopic (exact) mass is 296 g/mol. The average molecular weight is 296 g/mol. The predicted octanol–water partition coefficient (Wildman–Crippen LogP) is 2.08. The van der Waals surface area contributed by atoms with Crippen molar-refractivity contribution in [1.82, 2.24) is 10.6 Å². The largest absolute Gasteiger partial charge is 0.354 e. The third kappa shape index (κ3) is 5.05. The fraction of sp³-hybridized carbons (Fsp3) is 0.222. The Morgan fingerprint density at radius 3 is 2.18 bits per heavy atom. The van der Waals surface area contributed by atoms with Crippen molar-refractivity contribution in [2.75, 3.05) is 13.1 Å². The molecule has 2 aromatic rings. The van der Waals surface area contributed by atoms with E-state index in [2.05, 4.69) is 10.6 Å². The smallest absolute Gasteiger partial charge is 0.251 e.